The topological polar surface area (TPSA) is 165 Å². The molecule has 0 fully saturated rings. The zero-order chi connectivity index (χ0) is 25.8. The van der Waals surface area contributed by atoms with Gasteiger partial charge in [0.2, 0.25) is 7.37 Å². The number of hydrogen-bond acceptors (Lipinski definition) is 10. The molecule has 0 amide bonds. The van der Waals surface area contributed by atoms with Gasteiger partial charge in [0.15, 0.2) is 6.66 Å². The summed E-state index contributed by atoms with van der Waals surface area (Å²) < 4.78 is 32.1. The van der Waals surface area contributed by atoms with Crippen molar-refractivity contribution >= 4 is 48.1 Å². The Morgan fingerprint density at radius 2 is 1.48 bits per heavy atom. The van der Waals surface area contributed by atoms with Crippen molar-refractivity contribution in [2.75, 3.05) is 26.5 Å². The number of hydrogen-bond donors (Lipinski definition) is 0. The Morgan fingerprint density at radius 3 is 1.85 bits per heavy atom. The number of nitro groups is 2. The predicted octanol–water partition coefficient (Wildman–Crippen LogP) is 5.32. The Bertz CT molecular complexity index is 1020. The van der Waals surface area contributed by atoms with Gasteiger partial charge in [0.05, 0.1) is 23.1 Å². The smallest absolute Gasteiger partial charge is 0.325 e. The summed E-state index contributed by atoms with van der Waals surface area (Å²) in [5.41, 5.74) is 1.16. The lowest BCUT2D eigenvalue weighted by Gasteiger charge is -2.11. The summed E-state index contributed by atoms with van der Waals surface area (Å²) in [7, 11) is -4.40. The molecule has 0 N–H and O–H groups in total. The van der Waals surface area contributed by atoms with E-state index in [1.807, 2.05) is 6.92 Å². The van der Waals surface area contributed by atoms with E-state index in [2.05, 4.69) is 30.4 Å². The number of aryl methyl sites for hydroxylation is 2. The summed E-state index contributed by atoms with van der Waals surface area (Å²) in [6.07, 6.45) is 0. The minimum atomic E-state index is -3.05. The summed E-state index contributed by atoms with van der Waals surface area (Å²) in [5, 5.41) is 20.9. The van der Waals surface area contributed by atoms with Gasteiger partial charge < -0.3 is 4.52 Å². The molecular formula is C18H26BrN4O8P2+. The Balaban J connectivity index is 0.000000520. The Kier molecular flexibility index (Phi) is 13.9. The van der Waals surface area contributed by atoms with Crippen LogP contribution in [0.5, 0.6) is 0 Å². The fourth-order valence-corrected chi connectivity index (χ4v) is 4.37. The van der Waals surface area contributed by atoms with Crippen LogP contribution in [0.3, 0.4) is 0 Å². The SMILES string of the molecule is CCOP(C)(=O)c1cc([N+](=O)[O-])cc(C)n1.CCO[P+](C)=O.Cc1cc([N+](=O)[O-])cc(Br)n1. The van der Waals surface area contributed by atoms with Crippen LogP contribution in [0.2, 0.25) is 0 Å². The zero-order valence-corrected chi connectivity index (χ0v) is 22.4. The minimum absolute atomic E-state index is 0.0596. The van der Waals surface area contributed by atoms with Crippen LogP contribution in [0.25, 0.3) is 0 Å². The van der Waals surface area contributed by atoms with Gasteiger partial charge in [0, 0.05) is 42.3 Å². The first-order valence-corrected chi connectivity index (χ1v) is 13.9. The van der Waals surface area contributed by atoms with Gasteiger partial charge in [-0.1, -0.05) is 0 Å². The molecule has 2 aromatic rings. The van der Waals surface area contributed by atoms with E-state index in [1.165, 1.54) is 30.9 Å². The molecule has 0 aromatic carbocycles. The van der Waals surface area contributed by atoms with Gasteiger partial charge in [0.1, 0.15) is 10.0 Å². The molecular weight excluding hydrogens is 542 g/mol. The number of rotatable bonds is 7. The van der Waals surface area contributed by atoms with E-state index in [0.29, 0.717) is 22.6 Å². The van der Waals surface area contributed by atoms with Crippen LogP contribution in [0.1, 0.15) is 25.2 Å². The third-order valence-electron chi connectivity index (χ3n) is 3.36. The molecule has 0 radical (unpaired) electrons. The van der Waals surface area contributed by atoms with Gasteiger partial charge in [0.25, 0.3) is 11.4 Å². The van der Waals surface area contributed by atoms with E-state index < -0.39 is 25.2 Å². The molecule has 2 rings (SSSR count). The van der Waals surface area contributed by atoms with Gasteiger partial charge in [-0.25, -0.2) is 9.97 Å². The maximum atomic E-state index is 12.0. The normalized spacial score (nSPS) is 12.3. The maximum absolute atomic E-state index is 12.0. The summed E-state index contributed by atoms with van der Waals surface area (Å²) in [6, 6.07) is 5.32. The molecule has 0 saturated heterocycles. The monoisotopic (exact) mass is 567 g/mol. The van der Waals surface area contributed by atoms with Gasteiger partial charge >= 0.3 is 8.03 Å². The van der Waals surface area contributed by atoms with Crippen LogP contribution >= 0.6 is 31.3 Å². The molecule has 0 aliphatic rings. The summed E-state index contributed by atoms with van der Waals surface area (Å²) >= 11 is 3.07. The van der Waals surface area contributed by atoms with Crippen LogP contribution in [0.4, 0.5) is 11.4 Å². The standard InChI is InChI=1S/C9H13N2O4P.C6H5BrN2O2.C3H8O2P/c1-4-15-16(3,14)9-6-8(11(12)13)5-7(2)10-9;1-4-2-5(9(10)11)3-6(7)8-4;1-3-5-6(2)4/h5-6H,4H2,1-3H3;2-3H,1H3;3H2,1-2H3/q;;+1. The highest BCUT2D eigenvalue weighted by molar-refractivity contribution is 9.10. The zero-order valence-electron chi connectivity index (χ0n) is 19.1. The van der Waals surface area contributed by atoms with Gasteiger partial charge in [-0.2, -0.15) is 0 Å². The Labute approximate surface area is 200 Å². The molecule has 33 heavy (non-hydrogen) atoms. The van der Waals surface area contributed by atoms with Crippen LogP contribution < -0.4 is 5.44 Å². The summed E-state index contributed by atoms with van der Waals surface area (Å²) in [4.78, 5) is 27.9. The molecule has 2 unspecified atom stereocenters. The molecule has 12 nitrogen and oxygen atoms in total. The Morgan fingerprint density at radius 1 is 1.00 bits per heavy atom. The third kappa shape index (κ3) is 12.6. The molecule has 2 heterocycles. The van der Waals surface area contributed by atoms with Gasteiger partial charge in [-0.15, -0.1) is 4.52 Å². The van der Waals surface area contributed by atoms with Crippen molar-refractivity contribution in [3.8, 4) is 0 Å². The lowest BCUT2D eigenvalue weighted by Crippen LogP contribution is -2.13. The number of aromatic nitrogens is 2. The molecule has 0 aliphatic carbocycles. The molecule has 2 aromatic heterocycles. The van der Waals surface area contributed by atoms with Crippen molar-refractivity contribution in [3.63, 3.8) is 0 Å². The summed E-state index contributed by atoms with van der Waals surface area (Å²) in [5.74, 6) is 0. The van der Waals surface area contributed by atoms with Crippen molar-refractivity contribution in [1.29, 1.82) is 0 Å². The van der Waals surface area contributed by atoms with E-state index in [9.17, 15) is 29.4 Å². The quantitative estimate of drug-likeness (QED) is 0.185. The van der Waals surface area contributed by atoms with Crippen molar-refractivity contribution < 1.29 is 28.0 Å². The van der Waals surface area contributed by atoms with E-state index in [4.69, 9.17) is 4.52 Å². The second-order valence-corrected chi connectivity index (χ2v) is 10.6. The first kappa shape index (κ1) is 30.8. The fourth-order valence-electron chi connectivity index (χ4n) is 2.16. The van der Waals surface area contributed by atoms with Crippen molar-refractivity contribution in [2.45, 2.75) is 27.7 Å². The first-order chi connectivity index (χ1) is 15.2. The fraction of sp³-hybridized carbons (Fsp3) is 0.444. The Hall–Kier alpha value is -2.17. The highest BCUT2D eigenvalue weighted by Gasteiger charge is 2.23. The molecule has 0 spiro atoms. The first-order valence-electron chi connectivity index (χ1n) is 9.41. The average Bonchev–Trinajstić information content (AvgIpc) is 2.67. The molecule has 0 saturated carbocycles. The minimum Gasteiger partial charge on any atom is -0.325 e. The molecule has 0 bridgehead atoms. The van der Waals surface area contributed by atoms with Crippen LogP contribution in [-0.2, 0) is 18.2 Å². The van der Waals surface area contributed by atoms with Crippen molar-refractivity contribution in [2.24, 2.45) is 0 Å². The van der Waals surface area contributed by atoms with Gasteiger partial charge in [-0.05, 0) is 48.2 Å². The second-order valence-electron chi connectivity index (χ2n) is 6.25. The second kappa shape index (κ2) is 14.9. The number of nitrogens with zero attached hydrogens (tertiary/aromatic N) is 4. The summed E-state index contributed by atoms with van der Waals surface area (Å²) in [6.45, 7) is 10.6. The highest BCUT2D eigenvalue weighted by Crippen LogP contribution is 2.40. The van der Waals surface area contributed by atoms with Crippen LogP contribution in [0, 0.1) is 34.1 Å². The molecule has 0 aliphatic heterocycles. The predicted molar refractivity (Wildman–Crippen MR) is 129 cm³/mol. The number of halogens is 1. The van der Waals surface area contributed by atoms with Crippen LogP contribution in [0.15, 0.2) is 28.9 Å². The van der Waals surface area contributed by atoms with E-state index in [0.717, 1.165) is 0 Å². The third-order valence-corrected chi connectivity index (χ3v) is 6.20. The number of pyridine rings is 2. The molecule has 182 valence electrons. The lowest BCUT2D eigenvalue weighted by atomic mass is 10.3. The molecule has 2 atom stereocenters. The van der Waals surface area contributed by atoms with Crippen molar-refractivity contribution in [3.05, 3.63) is 60.5 Å². The van der Waals surface area contributed by atoms with E-state index in [-0.39, 0.29) is 23.4 Å². The average molecular weight is 568 g/mol. The van der Waals surface area contributed by atoms with E-state index in [1.54, 1.807) is 27.4 Å². The molecule has 15 heteroatoms. The van der Waals surface area contributed by atoms with Crippen LogP contribution in [-0.4, -0.2) is 46.4 Å². The van der Waals surface area contributed by atoms with Gasteiger partial charge in [-0.3, -0.25) is 24.8 Å². The van der Waals surface area contributed by atoms with Crippen molar-refractivity contribution in [1.82, 2.24) is 9.97 Å². The largest absolute Gasteiger partial charge is 0.504 e. The maximum Gasteiger partial charge on any atom is 0.504 e. The highest BCUT2D eigenvalue weighted by atomic mass is 79.9. The van der Waals surface area contributed by atoms with E-state index >= 15 is 0 Å². The lowest BCUT2D eigenvalue weighted by molar-refractivity contribution is -0.385.